The summed E-state index contributed by atoms with van der Waals surface area (Å²) in [6, 6.07) is -0.397. The van der Waals surface area contributed by atoms with Crippen molar-refractivity contribution in [2.24, 2.45) is 11.7 Å². The summed E-state index contributed by atoms with van der Waals surface area (Å²) in [5, 5.41) is 2.99. The van der Waals surface area contributed by atoms with Gasteiger partial charge in [-0.25, -0.2) is 0 Å². The van der Waals surface area contributed by atoms with E-state index in [1.54, 1.807) is 7.11 Å². The molecule has 1 fully saturated rings. The van der Waals surface area contributed by atoms with Crippen molar-refractivity contribution >= 4 is 5.91 Å². The second kappa shape index (κ2) is 9.28. The van der Waals surface area contributed by atoms with Crippen LogP contribution >= 0.6 is 0 Å². The Morgan fingerprint density at radius 3 is 2.74 bits per heavy atom. The first kappa shape index (κ1) is 16.4. The molecule has 0 saturated carbocycles. The lowest BCUT2D eigenvalue weighted by Gasteiger charge is -2.31. The summed E-state index contributed by atoms with van der Waals surface area (Å²) in [5.41, 5.74) is 5.84. The zero-order chi connectivity index (χ0) is 14.1. The maximum atomic E-state index is 11.8. The number of piperidine rings is 1. The molecule has 0 aromatic heterocycles. The maximum absolute atomic E-state index is 11.8. The molecule has 0 aromatic rings. The molecule has 1 heterocycles. The summed E-state index contributed by atoms with van der Waals surface area (Å²) in [6.07, 6.45) is 3.87. The minimum atomic E-state index is -0.397. The standard InChI is InChI=1S/C14H29N3O2/c1-3-17-8-6-12(7-9-17)11-16-14(18)13(15)5-4-10-19-2/h12-13H,3-11,15H2,1-2H3,(H,16,18). The third kappa shape index (κ3) is 6.36. The Hall–Kier alpha value is -0.650. The number of ether oxygens (including phenoxy) is 1. The van der Waals surface area contributed by atoms with Crippen LogP contribution in [0.5, 0.6) is 0 Å². The van der Waals surface area contributed by atoms with Crippen molar-refractivity contribution in [3.05, 3.63) is 0 Å². The van der Waals surface area contributed by atoms with E-state index in [1.807, 2.05) is 0 Å². The van der Waals surface area contributed by atoms with Gasteiger partial charge in [0.15, 0.2) is 0 Å². The van der Waals surface area contributed by atoms with E-state index in [9.17, 15) is 4.79 Å². The van der Waals surface area contributed by atoms with Gasteiger partial charge in [-0.3, -0.25) is 4.79 Å². The molecule has 0 aliphatic carbocycles. The molecule has 0 radical (unpaired) electrons. The average molecular weight is 271 g/mol. The van der Waals surface area contributed by atoms with Crippen LogP contribution in [0.25, 0.3) is 0 Å². The van der Waals surface area contributed by atoms with Crippen LogP contribution in [0.4, 0.5) is 0 Å². The SMILES string of the molecule is CCN1CCC(CNC(=O)C(N)CCCOC)CC1. The molecule has 1 amide bonds. The first-order valence-electron chi connectivity index (χ1n) is 7.42. The number of nitrogens with one attached hydrogen (secondary N) is 1. The van der Waals surface area contributed by atoms with E-state index in [1.165, 1.54) is 12.8 Å². The number of likely N-dealkylation sites (tertiary alicyclic amines) is 1. The fourth-order valence-electron chi connectivity index (χ4n) is 2.46. The van der Waals surface area contributed by atoms with Crippen LogP contribution in [-0.2, 0) is 9.53 Å². The number of carbonyl (C=O) groups excluding carboxylic acids is 1. The van der Waals surface area contributed by atoms with E-state index in [2.05, 4.69) is 17.1 Å². The predicted molar refractivity (Wildman–Crippen MR) is 76.9 cm³/mol. The van der Waals surface area contributed by atoms with Crippen LogP contribution in [0.15, 0.2) is 0 Å². The first-order chi connectivity index (χ1) is 9.17. The van der Waals surface area contributed by atoms with Crippen molar-refractivity contribution in [3.63, 3.8) is 0 Å². The van der Waals surface area contributed by atoms with E-state index in [0.29, 0.717) is 18.9 Å². The summed E-state index contributed by atoms with van der Waals surface area (Å²) in [7, 11) is 1.66. The molecule has 19 heavy (non-hydrogen) atoms. The van der Waals surface area contributed by atoms with Crippen molar-refractivity contribution in [2.45, 2.75) is 38.6 Å². The molecule has 3 N–H and O–H groups in total. The van der Waals surface area contributed by atoms with Gasteiger partial charge in [-0.05, 0) is 51.2 Å². The topological polar surface area (TPSA) is 67.6 Å². The Morgan fingerprint density at radius 2 is 2.16 bits per heavy atom. The molecule has 1 unspecified atom stereocenters. The van der Waals surface area contributed by atoms with Crippen LogP contribution in [-0.4, -0.2) is 56.7 Å². The van der Waals surface area contributed by atoms with Crippen LogP contribution in [0.2, 0.25) is 0 Å². The van der Waals surface area contributed by atoms with Gasteiger partial charge in [-0.2, -0.15) is 0 Å². The van der Waals surface area contributed by atoms with Crippen LogP contribution in [0, 0.1) is 5.92 Å². The van der Waals surface area contributed by atoms with Crippen molar-refractivity contribution in [1.82, 2.24) is 10.2 Å². The quantitative estimate of drug-likeness (QED) is 0.634. The maximum Gasteiger partial charge on any atom is 0.236 e. The normalized spacial score (nSPS) is 19.3. The fraction of sp³-hybridized carbons (Fsp3) is 0.929. The molecule has 1 aliphatic heterocycles. The molecule has 1 rings (SSSR count). The summed E-state index contributed by atoms with van der Waals surface area (Å²) < 4.78 is 4.96. The highest BCUT2D eigenvalue weighted by molar-refractivity contribution is 5.81. The predicted octanol–water partition coefficient (Wildman–Crippen LogP) is 0.588. The minimum absolute atomic E-state index is 0.0194. The third-order valence-corrected chi connectivity index (χ3v) is 3.92. The lowest BCUT2D eigenvalue weighted by molar-refractivity contribution is -0.122. The fourth-order valence-corrected chi connectivity index (χ4v) is 2.46. The molecule has 1 aliphatic rings. The number of nitrogens with zero attached hydrogens (tertiary/aromatic N) is 1. The van der Waals surface area contributed by atoms with Gasteiger partial charge in [0, 0.05) is 20.3 Å². The zero-order valence-electron chi connectivity index (χ0n) is 12.4. The van der Waals surface area contributed by atoms with Crippen molar-refractivity contribution < 1.29 is 9.53 Å². The molecule has 5 nitrogen and oxygen atoms in total. The highest BCUT2D eigenvalue weighted by Crippen LogP contribution is 2.15. The average Bonchev–Trinajstić information content (AvgIpc) is 2.45. The Bertz CT molecular complexity index is 253. The number of nitrogens with two attached hydrogens (primary N) is 1. The zero-order valence-corrected chi connectivity index (χ0v) is 12.4. The van der Waals surface area contributed by atoms with Crippen molar-refractivity contribution in [1.29, 1.82) is 0 Å². The molecule has 0 aromatic carbocycles. The van der Waals surface area contributed by atoms with Gasteiger partial charge in [0.25, 0.3) is 0 Å². The summed E-state index contributed by atoms with van der Waals surface area (Å²) in [6.45, 7) is 7.06. The lowest BCUT2D eigenvalue weighted by atomic mass is 9.96. The molecule has 1 atom stereocenters. The molecule has 0 spiro atoms. The summed E-state index contributed by atoms with van der Waals surface area (Å²) in [5.74, 6) is 0.590. The van der Waals surface area contributed by atoms with E-state index < -0.39 is 6.04 Å². The van der Waals surface area contributed by atoms with Gasteiger partial charge in [0.2, 0.25) is 5.91 Å². The number of amides is 1. The second-order valence-electron chi connectivity index (χ2n) is 5.36. The second-order valence-corrected chi connectivity index (χ2v) is 5.36. The Labute approximate surface area is 116 Å². The largest absolute Gasteiger partial charge is 0.385 e. The number of hydrogen-bond acceptors (Lipinski definition) is 4. The Kier molecular flexibility index (Phi) is 8.02. The molecular weight excluding hydrogens is 242 g/mol. The number of methoxy groups -OCH3 is 1. The third-order valence-electron chi connectivity index (χ3n) is 3.92. The van der Waals surface area contributed by atoms with Gasteiger partial charge in [-0.1, -0.05) is 6.92 Å². The van der Waals surface area contributed by atoms with Gasteiger partial charge >= 0.3 is 0 Å². The highest BCUT2D eigenvalue weighted by Gasteiger charge is 2.20. The van der Waals surface area contributed by atoms with Gasteiger partial charge in [0.05, 0.1) is 6.04 Å². The lowest BCUT2D eigenvalue weighted by Crippen LogP contribution is -2.44. The summed E-state index contributed by atoms with van der Waals surface area (Å²) in [4.78, 5) is 14.3. The van der Waals surface area contributed by atoms with Crippen molar-refractivity contribution in [3.8, 4) is 0 Å². The first-order valence-corrected chi connectivity index (χ1v) is 7.42. The van der Waals surface area contributed by atoms with Crippen LogP contribution in [0.3, 0.4) is 0 Å². The van der Waals surface area contributed by atoms with Crippen molar-refractivity contribution in [2.75, 3.05) is 39.9 Å². The van der Waals surface area contributed by atoms with Gasteiger partial charge in [0.1, 0.15) is 0 Å². The summed E-state index contributed by atoms with van der Waals surface area (Å²) >= 11 is 0. The molecule has 112 valence electrons. The molecule has 5 heteroatoms. The van der Waals surface area contributed by atoms with Crippen LogP contribution < -0.4 is 11.1 Å². The highest BCUT2D eigenvalue weighted by atomic mass is 16.5. The minimum Gasteiger partial charge on any atom is -0.385 e. The molecular formula is C14H29N3O2. The van der Waals surface area contributed by atoms with Gasteiger partial charge in [-0.15, -0.1) is 0 Å². The smallest absolute Gasteiger partial charge is 0.236 e. The molecule has 1 saturated heterocycles. The van der Waals surface area contributed by atoms with E-state index >= 15 is 0 Å². The van der Waals surface area contributed by atoms with E-state index in [4.69, 9.17) is 10.5 Å². The Balaban J connectivity index is 2.12. The number of carbonyl (C=O) groups is 1. The monoisotopic (exact) mass is 271 g/mol. The number of rotatable bonds is 8. The van der Waals surface area contributed by atoms with Crippen LogP contribution in [0.1, 0.15) is 32.6 Å². The van der Waals surface area contributed by atoms with Gasteiger partial charge < -0.3 is 20.7 Å². The Morgan fingerprint density at radius 1 is 1.47 bits per heavy atom. The van der Waals surface area contributed by atoms with E-state index in [-0.39, 0.29) is 5.91 Å². The molecule has 0 bridgehead atoms. The van der Waals surface area contributed by atoms with E-state index in [0.717, 1.165) is 32.6 Å². The number of hydrogen-bond donors (Lipinski definition) is 2.